The highest BCUT2D eigenvalue weighted by atomic mass is 127. The Kier molecular flexibility index (Phi) is 3.83. The summed E-state index contributed by atoms with van der Waals surface area (Å²) in [6.07, 6.45) is 0. The van der Waals surface area contributed by atoms with E-state index < -0.39 is 11.2 Å². The average molecular weight is 448 g/mol. The van der Waals surface area contributed by atoms with Crippen molar-refractivity contribution in [2.75, 3.05) is 0 Å². The highest BCUT2D eigenvalue weighted by Crippen LogP contribution is 2.41. The third kappa shape index (κ3) is 2.63. The zero-order chi connectivity index (χ0) is 17.7. The lowest BCUT2D eigenvalue weighted by atomic mass is 9.91. The van der Waals surface area contributed by atoms with E-state index in [0.717, 1.165) is 23.3 Å². The highest BCUT2D eigenvalue weighted by Gasteiger charge is 2.21. The summed E-state index contributed by atoms with van der Waals surface area (Å²) in [5, 5.41) is 0.540. The molecule has 4 rings (SSSR count). The van der Waals surface area contributed by atoms with Gasteiger partial charge in [0, 0.05) is 22.6 Å². The number of fused-ring (bicyclic) bond motifs is 2. The highest BCUT2D eigenvalue weighted by molar-refractivity contribution is 14.1. The van der Waals surface area contributed by atoms with Crippen molar-refractivity contribution in [3.05, 3.63) is 79.5 Å². The molecule has 0 atom stereocenters. The van der Waals surface area contributed by atoms with Crippen LogP contribution in [0, 0.1) is 22.1 Å². The third-order valence-corrected chi connectivity index (χ3v) is 5.06. The third-order valence-electron chi connectivity index (χ3n) is 4.23. The Morgan fingerprint density at radius 2 is 1.72 bits per heavy atom. The second-order valence-corrected chi connectivity index (χ2v) is 7.00. The second kappa shape index (κ2) is 5.91. The van der Waals surface area contributed by atoms with Crippen LogP contribution in [0.5, 0.6) is 0 Å². The Hall–Kier alpha value is -2.28. The molecule has 2 aliphatic rings. The van der Waals surface area contributed by atoms with Crippen molar-refractivity contribution in [1.82, 2.24) is 0 Å². The maximum Gasteiger partial charge on any atom is 0.217 e. The van der Waals surface area contributed by atoms with Crippen molar-refractivity contribution in [3.63, 3.8) is 0 Å². The van der Waals surface area contributed by atoms with Gasteiger partial charge in [-0.15, -0.1) is 0 Å². The average Bonchev–Trinajstić information content (AvgIpc) is 2.57. The molecule has 1 aliphatic heterocycles. The second-order valence-electron chi connectivity index (χ2n) is 5.83. The summed E-state index contributed by atoms with van der Waals surface area (Å²) in [5.41, 5.74) is 2.61. The predicted molar refractivity (Wildman–Crippen MR) is 102 cm³/mol. The molecule has 0 aromatic heterocycles. The van der Waals surface area contributed by atoms with Gasteiger partial charge in [0.2, 0.25) is 5.43 Å². The summed E-state index contributed by atoms with van der Waals surface area (Å²) in [7, 11) is 0. The lowest BCUT2D eigenvalue weighted by molar-refractivity contribution is 0.592. The molecule has 2 aromatic rings. The van der Waals surface area contributed by atoms with Crippen LogP contribution in [0.2, 0.25) is 0 Å². The van der Waals surface area contributed by atoms with E-state index in [0.29, 0.717) is 25.7 Å². The van der Waals surface area contributed by atoms with Crippen LogP contribution in [0.1, 0.15) is 5.56 Å². The summed E-state index contributed by atoms with van der Waals surface area (Å²) in [4.78, 5) is 11.7. The summed E-state index contributed by atoms with van der Waals surface area (Å²) < 4.78 is 34.4. The molecule has 124 valence electrons. The van der Waals surface area contributed by atoms with Crippen molar-refractivity contribution in [2.45, 2.75) is 6.92 Å². The minimum atomic E-state index is -0.858. The van der Waals surface area contributed by atoms with Gasteiger partial charge in [0.1, 0.15) is 17.2 Å². The minimum Gasteiger partial charge on any atom is -0.456 e. The van der Waals surface area contributed by atoms with Gasteiger partial charge < -0.3 is 4.42 Å². The molecule has 0 bridgehead atoms. The number of aryl methyl sites for hydroxylation is 1. The van der Waals surface area contributed by atoms with Gasteiger partial charge in [-0.05, 0) is 58.8 Å². The molecular weight excluding hydrogens is 437 g/mol. The SMILES string of the molecule is Cc1ccccc1-c1c2cc(F)c(=O)cc-2oc2cc(I)c(F)cc12. The van der Waals surface area contributed by atoms with Crippen LogP contribution in [-0.4, -0.2) is 0 Å². The van der Waals surface area contributed by atoms with Gasteiger partial charge >= 0.3 is 0 Å². The quantitative estimate of drug-likeness (QED) is 0.274. The first-order chi connectivity index (χ1) is 12.0. The molecule has 0 saturated heterocycles. The van der Waals surface area contributed by atoms with E-state index in [2.05, 4.69) is 0 Å². The van der Waals surface area contributed by atoms with Gasteiger partial charge in [-0.3, -0.25) is 4.79 Å². The van der Waals surface area contributed by atoms with E-state index in [1.165, 1.54) is 6.07 Å². The molecule has 1 heterocycles. The maximum atomic E-state index is 14.2. The van der Waals surface area contributed by atoms with Gasteiger partial charge in [-0.25, -0.2) is 8.78 Å². The van der Waals surface area contributed by atoms with E-state index in [4.69, 9.17) is 4.42 Å². The molecule has 0 radical (unpaired) electrons. The first-order valence-corrected chi connectivity index (χ1v) is 8.64. The van der Waals surface area contributed by atoms with Crippen LogP contribution in [0.4, 0.5) is 8.78 Å². The molecule has 0 fully saturated rings. The van der Waals surface area contributed by atoms with E-state index in [9.17, 15) is 13.6 Å². The van der Waals surface area contributed by atoms with Gasteiger partial charge in [-0.1, -0.05) is 24.3 Å². The van der Waals surface area contributed by atoms with Gasteiger partial charge in [0.25, 0.3) is 0 Å². The molecule has 0 saturated carbocycles. The number of benzene rings is 3. The molecule has 25 heavy (non-hydrogen) atoms. The van der Waals surface area contributed by atoms with Crippen molar-refractivity contribution in [2.24, 2.45) is 0 Å². The lowest BCUT2D eigenvalue weighted by Gasteiger charge is -2.17. The molecule has 0 unspecified atom stereocenters. The molecule has 0 amide bonds. The summed E-state index contributed by atoms with van der Waals surface area (Å²) in [6, 6.07) is 12.9. The van der Waals surface area contributed by atoms with Crippen LogP contribution < -0.4 is 5.43 Å². The van der Waals surface area contributed by atoms with Crippen molar-refractivity contribution in [3.8, 4) is 22.5 Å². The first-order valence-electron chi connectivity index (χ1n) is 7.57. The van der Waals surface area contributed by atoms with E-state index >= 15 is 0 Å². The Morgan fingerprint density at radius 1 is 0.960 bits per heavy atom. The number of rotatable bonds is 1. The molecule has 5 heteroatoms. The molecule has 2 aromatic carbocycles. The fraction of sp³-hybridized carbons (Fsp3) is 0.0500. The van der Waals surface area contributed by atoms with Crippen LogP contribution in [-0.2, 0) is 0 Å². The van der Waals surface area contributed by atoms with Crippen molar-refractivity contribution >= 4 is 33.6 Å². The topological polar surface area (TPSA) is 30.2 Å². The van der Waals surface area contributed by atoms with Gasteiger partial charge in [0.15, 0.2) is 5.82 Å². The summed E-state index contributed by atoms with van der Waals surface area (Å²) in [5.74, 6) is -0.958. The predicted octanol–water partition coefficient (Wildman–Crippen LogP) is 5.76. The Labute approximate surface area is 155 Å². The van der Waals surface area contributed by atoms with Crippen LogP contribution in [0.3, 0.4) is 0 Å². The monoisotopic (exact) mass is 448 g/mol. The standard InChI is InChI=1S/C20H11F2IO2/c1-10-4-2-3-5-11(10)20-12-6-14(21)16(23)8-18(12)25-19-9-17(24)15(22)7-13(19)20/h2-9H,1H3. The van der Waals surface area contributed by atoms with Crippen molar-refractivity contribution in [1.29, 1.82) is 0 Å². The summed E-state index contributed by atoms with van der Waals surface area (Å²) in [6.45, 7) is 1.93. The normalized spacial score (nSPS) is 11.4. The van der Waals surface area contributed by atoms with Crippen LogP contribution in [0.15, 0.2) is 57.7 Å². The number of hydrogen-bond acceptors (Lipinski definition) is 2. The van der Waals surface area contributed by atoms with Gasteiger partial charge in [-0.2, -0.15) is 0 Å². The largest absolute Gasteiger partial charge is 0.456 e. The molecule has 1 aliphatic carbocycles. The zero-order valence-electron chi connectivity index (χ0n) is 13.1. The molecule has 2 nitrogen and oxygen atoms in total. The fourth-order valence-corrected chi connectivity index (χ4v) is 3.47. The molecular formula is C20H11F2IO2. The van der Waals surface area contributed by atoms with Crippen LogP contribution >= 0.6 is 22.6 Å². The Morgan fingerprint density at radius 3 is 2.48 bits per heavy atom. The smallest absolute Gasteiger partial charge is 0.217 e. The lowest BCUT2D eigenvalue weighted by Crippen LogP contribution is -2.07. The minimum absolute atomic E-state index is 0.277. The zero-order valence-corrected chi connectivity index (χ0v) is 15.2. The van der Waals surface area contributed by atoms with E-state index in [1.54, 1.807) is 6.07 Å². The van der Waals surface area contributed by atoms with Crippen LogP contribution in [0.25, 0.3) is 33.4 Å². The number of halogens is 3. The van der Waals surface area contributed by atoms with Crippen molar-refractivity contribution < 1.29 is 13.2 Å². The fourth-order valence-electron chi connectivity index (χ4n) is 3.03. The first kappa shape index (κ1) is 16.2. The maximum absolute atomic E-state index is 14.2. The molecule has 0 spiro atoms. The van der Waals surface area contributed by atoms with E-state index in [-0.39, 0.29) is 11.6 Å². The van der Waals surface area contributed by atoms with Gasteiger partial charge in [0.05, 0.1) is 3.57 Å². The van der Waals surface area contributed by atoms with E-state index in [1.807, 2.05) is 53.8 Å². The Balaban J connectivity index is 2.27. The Bertz CT molecular complexity index is 1160. The summed E-state index contributed by atoms with van der Waals surface area (Å²) >= 11 is 1.88. The molecule has 0 N–H and O–H groups in total. The number of hydrogen-bond donors (Lipinski definition) is 0.